The van der Waals surface area contributed by atoms with Crippen LogP contribution in [0, 0.1) is 0 Å². The van der Waals surface area contributed by atoms with Crippen LogP contribution in [0.5, 0.6) is 0 Å². The zero-order valence-electron chi connectivity index (χ0n) is 10.7. The van der Waals surface area contributed by atoms with E-state index in [1.807, 2.05) is 24.3 Å². The largest absolute Gasteiger partial charge is 0.356 e. The van der Waals surface area contributed by atoms with Gasteiger partial charge in [-0.2, -0.15) is 0 Å². The predicted molar refractivity (Wildman–Crippen MR) is 77.4 cm³/mol. The molecule has 0 bridgehead atoms. The van der Waals surface area contributed by atoms with Crippen molar-refractivity contribution in [3.8, 4) is 0 Å². The van der Waals surface area contributed by atoms with Gasteiger partial charge in [0, 0.05) is 17.0 Å². The maximum Gasteiger partial charge on any atom is 0.205 e. The van der Waals surface area contributed by atoms with Crippen LogP contribution in [-0.2, 0) is 12.0 Å². The highest BCUT2D eigenvalue weighted by atomic mass is 35.5. The molecule has 0 fully saturated rings. The van der Waals surface area contributed by atoms with Crippen LogP contribution in [-0.4, -0.2) is 10.2 Å². The maximum atomic E-state index is 5.84. The number of aromatic nitrogens is 2. The van der Waals surface area contributed by atoms with Crippen LogP contribution in [0.3, 0.4) is 0 Å². The lowest BCUT2D eigenvalue weighted by Gasteiger charge is -2.12. The molecule has 1 N–H and O–H groups in total. The van der Waals surface area contributed by atoms with E-state index in [-0.39, 0.29) is 5.41 Å². The van der Waals surface area contributed by atoms with Gasteiger partial charge in [-0.15, -0.1) is 10.2 Å². The van der Waals surface area contributed by atoms with Crippen LogP contribution in [0.25, 0.3) is 0 Å². The Morgan fingerprint density at radius 2 is 1.83 bits per heavy atom. The summed E-state index contributed by atoms with van der Waals surface area (Å²) in [5.41, 5.74) is 1.23. The minimum atomic E-state index is 0.0534. The Bertz CT molecular complexity index is 514. The van der Waals surface area contributed by atoms with E-state index < -0.39 is 0 Å². The zero-order valence-corrected chi connectivity index (χ0v) is 12.3. The van der Waals surface area contributed by atoms with Gasteiger partial charge in [0.1, 0.15) is 5.01 Å². The van der Waals surface area contributed by atoms with E-state index in [9.17, 15) is 0 Å². The smallest absolute Gasteiger partial charge is 0.205 e. The molecular formula is C13H16ClN3S. The van der Waals surface area contributed by atoms with Crippen LogP contribution in [0.4, 0.5) is 5.13 Å². The molecule has 18 heavy (non-hydrogen) atoms. The average Bonchev–Trinajstić information content (AvgIpc) is 2.77. The van der Waals surface area contributed by atoms with Crippen molar-refractivity contribution in [2.24, 2.45) is 0 Å². The minimum Gasteiger partial charge on any atom is -0.356 e. The molecule has 0 aliphatic carbocycles. The summed E-state index contributed by atoms with van der Waals surface area (Å²) in [4.78, 5) is 0. The molecule has 1 aromatic carbocycles. The lowest BCUT2D eigenvalue weighted by molar-refractivity contribution is 0.578. The molecule has 0 unspecified atom stereocenters. The van der Waals surface area contributed by atoms with Gasteiger partial charge in [0.15, 0.2) is 0 Å². The van der Waals surface area contributed by atoms with Crippen molar-refractivity contribution in [2.75, 3.05) is 5.32 Å². The number of nitrogens with zero attached hydrogens (tertiary/aromatic N) is 2. The van der Waals surface area contributed by atoms with Gasteiger partial charge in [-0.25, -0.2) is 0 Å². The number of hydrogen-bond acceptors (Lipinski definition) is 4. The van der Waals surface area contributed by atoms with E-state index in [4.69, 9.17) is 11.6 Å². The summed E-state index contributed by atoms with van der Waals surface area (Å²) in [6.45, 7) is 7.14. The summed E-state index contributed by atoms with van der Waals surface area (Å²) in [5, 5.41) is 14.3. The first-order valence-electron chi connectivity index (χ1n) is 5.77. The second-order valence-corrected chi connectivity index (χ2v) is 6.56. The van der Waals surface area contributed by atoms with E-state index in [1.54, 1.807) is 11.3 Å². The monoisotopic (exact) mass is 281 g/mol. The van der Waals surface area contributed by atoms with E-state index in [0.717, 1.165) is 21.7 Å². The molecule has 0 radical (unpaired) electrons. The molecule has 96 valence electrons. The van der Waals surface area contributed by atoms with Crippen molar-refractivity contribution >= 4 is 28.1 Å². The second kappa shape index (κ2) is 5.24. The topological polar surface area (TPSA) is 37.8 Å². The van der Waals surface area contributed by atoms with E-state index in [1.165, 1.54) is 5.56 Å². The third kappa shape index (κ3) is 3.43. The van der Waals surface area contributed by atoms with Crippen LogP contribution in [0.1, 0.15) is 31.3 Å². The Morgan fingerprint density at radius 3 is 2.39 bits per heavy atom. The average molecular weight is 282 g/mol. The highest BCUT2D eigenvalue weighted by Gasteiger charge is 2.19. The molecule has 1 heterocycles. The summed E-state index contributed by atoms with van der Waals surface area (Å²) in [5.74, 6) is 0. The van der Waals surface area contributed by atoms with E-state index >= 15 is 0 Å². The molecule has 0 amide bonds. The van der Waals surface area contributed by atoms with Crippen LogP contribution in [0.15, 0.2) is 24.3 Å². The lowest BCUT2D eigenvalue weighted by Crippen LogP contribution is -2.10. The standard InChI is InChI=1S/C13H16ClN3S/c1-13(2,3)11-16-17-12(18-11)15-8-9-4-6-10(14)7-5-9/h4-7H,8H2,1-3H3,(H,15,17). The van der Waals surface area contributed by atoms with Crippen molar-refractivity contribution in [3.63, 3.8) is 0 Å². The predicted octanol–water partition coefficient (Wildman–Crippen LogP) is 4.10. The van der Waals surface area contributed by atoms with Gasteiger partial charge in [0.2, 0.25) is 5.13 Å². The molecule has 0 saturated carbocycles. The third-order valence-electron chi connectivity index (χ3n) is 2.42. The number of hydrogen-bond donors (Lipinski definition) is 1. The molecule has 0 spiro atoms. The summed E-state index contributed by atoms with van der Waals surface area (Å²) in [7, 11) is 0. The second-order valence-electron chi connectivity index (χ2n) is 5.14. The zero-order chi connectivity index (χ0) is 13.2. The fraction of sp³-hybridized carbons (Fsp3) is 0.385. The molecule has 3 nitrogen and oxygen atoms in total. The molecule has 0 aliphatic rings. The van der Waals surface area contributed by atoms with Crippen molar-refractivity contribution in [1.29, 1.82) is 0 Å². The quantitative estimate of drug-likeness (QED) is 0.920. The SMILES string of the molecule is CC(C)(C)c1nnc(NCc2ccc(Cl)cc2)s1. The molecule has 2 rings (SSSR count). The number of nitrogens with one attached hydrogen (secondary N) is 1. The Morgan fingerprint density at radius 1 is 1.17 bits per heavy atom. The lowest BCUT2D eigenvalue weighted by atomic mass is 9.98. The molecule has 2 aromatic rings. The molecule has 1 aromatic heterocycles. The fourth-order valence-electron chi connectivity index (χ4n) is 1.38. The van der Waals surface area contributed by atoms with Gasteiger partial charge < -0.3 is 5.32 Å². The molecule has 0 saturated heterocycles. The molecular weight excluding hydrogens is 266 g/mol. The van der Waals surface area contributed by atoms with Crippen LogP contribution < -0.4 is 5.32 Å². The Hall–Kier alpha value is -1.13. The van der Waals surface area contributed by atoms with E-state index in [2.05, 4.69) is 36.3 Å². The number of benzene rings is 1. The van der Waals surface area contributed by atoms with Gasteiger partial charge >= 0.3 is 0 Å². The summed E-state index contributed by atoms with van der Waals surface area (Å²) < 4.78 is 0. The fourth-order valence-corrected chi connectivity index (χ4v) is 2.30. The van der Waals surface area contributed by atoms with Crippen molar-refractivity contribution in [3.05, 3.63) is 39.9 Å². The summed E-state index contributed by atoms with van der Waals surface area (Å²) >= 11 is 7.44. The molecule has 0 aliphatic heterocycles. The van der Waals surface area contributed by atoms with Gasteiger partial charge in [-0.05, 0) is 17.7 Å². The number of anilines is 1. The van der Waals surface area contributed by atoms with Crippen molar-refractivity contribution in [1.82, 2.24) is 10.2 Å². The van der Waals surface area contributed by atoms with Crippen LogP contribution in [0.2, 0.25) is 5.02 Å². The van der Waals surface area contributed by atoms with Gasteiger partial charge in [0.25, 0.3) is 0 Å². The van der Waals surface area contributed by atoms with Crippen LogP contribution >= 0.6 is 22.9 Å². The minimum absolute atomic E-state index is 0.0534. The van der Waals surface area contributed by atoms with Gasteiger partial charge in [0.05, 0.1) is 0 Å². The summed E-state index contributed by atoms with van der Waals surface area (Å²) in [6, 6.07) is 7.78. The Kier molecular flexibility index (Phi) is 3.88. The third-order valence-corrected chi connectivity index (χ3v) is 3.98. The highest BCUT2D eigenvalue weighted by molar-refractivity contribution is 7.15. The van der Waals surface area contributed by atoms with Crippen molar-refractivity contribution < 1.29 is 0 Å². The van der Waals surface area contributed by atoms with Crippen molar-refractivity contribution in [2.45, 2.75) is 32.7 Å². The normalized spacial score (nSPS) is 11.6. The first-order chi connectivity index (χ1) is 8.45. The molecule has 5 heteroatoms. The highest BCUT2D eigenvalue weighted by Crippen LogP contribution is 2.27. The number of rotatable bonds is 3. The van der Waals surface area contributed by atoms with Gasteiger partial charge in [-0.3, -0.25) is 0 Å². The van der Waals surface area contributed by atoms with Gasteiger partial charge in [-0.1, -0.05) is 55.8 Å². The first kappa shape index (κ1) is 13.3. The maximum absolute atomic E-state index is 5.84. The molecule has 0 atom stereocenters. The first-order valence-corrected chi connectivity index (χ1v) is 6.97. The Labute approximate surface area is 116 Å². The number of halogens is 1. The van der Waals surface area contributed by atoms with E-state index in [0.29, 0.717) is 0 Å². The Balaban J connectivity index is 1.98. The summed E-state index contributed by atoms with van der Waals surface area (Å²) in [6.07, 6.45) is 0.